The number of carbonyl (C=O) groups excluding carboxylic acids is 2. The number of likely N-dealkylation sites (N-methyl/N-ethyl adjacent to an activating group) is 1. The van der Waals surface area contributed by atoms with Gasteiger partial charge in [0.2, 0.25) is 0 Å². The fraction of sp³-hybridized carbons (Fsp3) is 0.111. The van der Waals surface area contributed by atoms with Gasteiger partial charge in [-0.1, -0.05) is 35.9 Å². The zero-order valence-electron chi connectivity index (χ0n) is 12.9. The minimum Gasteiger partial charge on any atom is -0.354 e. The second-order valence-corrected chi connectivity index (χ2v) is 4.98. The van der Waals surface area contributed by atoms with Crippen molar-refractivity contribution in [2.75, 3.05) is 7.05 Å². The topological polar surface area (TPSA) is 58.2 Å². The molecule has 2 aromatic rings. The Morgan fingerprint density at radius 3 is 2.30 bits per heavy atom. The number of halogens is 1. The Kier molecular flexibility index (Phi) is 5.25. The summed E-state index contributed by atoms with van der Waals surface area (Å²) in [6.45, 7) is 1.91. The molecule has 0 bridgehead atoms. The van der Waals surface area contributed by atoms with E-state index in [0.29, 0.717) is 5.56 Å². The molecule has 0 atom stereocenters. The van der Waals surface area contributed by atoms with Gasteiger partial charge in [0, 0.05) is 18.2 Å². The second-order valence-electron chi connectivity index (χ2n) is 4.98. The Labute approximate surface area is 134 Å². The minimum absolute atomic E-state index is 0.0248. The average Bonchev–Trinajstić information content (AvgIpc) is 2.56. The van der Waals surface area contributed by atoms with E-state index < -0.39 is 17.6 Å². The minimum atomic E-state index is -0.506. The molecule has 4 nitrogen and oxygen atoms in total. The predicted molar refractivity (Wildman–Crippen MR) is 87.1 cm³/mol. The van der Waals surface area contributed by atoms with Crippen LogP contribution >= 0.6 is 0 Å². The Hall–Kier alpha value is -2.95. The summed E-state index contributed by atoms with van der Waals surface area (Å²) < 4.78 is 13.7. The van der Waals surface area contributed by atoms with Gasteiger partial charge in [0.15, 0.2) is 0 Å². The van der Waals surface area contributed by atoms with Crippen LogP contribution in [0, 0.1) is 12.7 Å². The number of aryl methyl sites for hydroxylation is 1. The SMILES string of the molecule is CNC(=O)/C(=C\c1ccccc1F)NC(=O)c1ccc(C)cc1. The number of hydrogen-bond donors (Lipinski definition) is 2. The number of amides is 2. The van der Waals surface area contributed by atoms with Crippen molar-refractivity contribution in [3.8, 4) is 0 Å². The van der Waals surface area contributed by atoms with Gasteiger partial charge in [-0.3, -0.25) is 9.59 Å². The van der Waals surface area contributed by atoms with Crippen LogP contribution in [0.5, 0.6) is 0 Å². The van der Waals surface area contributed by atoms with E-state index in [9.17, 15) is 14.0 Å². The molecule has 0 aliphatic rings. The number of nitrogens with one attached hydrogen (secondary N) is 2. The van der Waals surface area contributed by atoms with E-state index in [1.54, 1.807) is 36.4 Å². The summed E-state index contributed by atoms with van der Waals surface area (Å²) in [5.74, 6) is -1.41. The van der Waals surface area contributed by atoms with Crippen molar-refractivity contribution >= 4 is 17.9 Å². The van der Waals surface area contributed by atoms with Crippen LogP contribution in [0.1, 0.15) is 21.5 Å². The largest absolute Gasteiger partial charge is 0.354 e. The average molecular weight is 312 g/mol. The van der Waals surface area contributed by atoms with Crippen molar-refractivity contribution < 1.29 is 14.0 Å². The lowest BCUT2D eigenvalue weighted by atomic mass is 10.1. The molecule has 2 amide bonds. The number of hydrogen-bond acceptors (Lipinski definition) is 2. The first-order valence-electron chi connectivity index (χ1n) is 7.07. The van der Waals surface area contributed by atoms with Gasteiger partial charge < -0.3 is 10.6 Å². The molecule has 2 aromatic carbocycles. The maximum absolute atomic E-state index is 13.7. The Balaban J connectivity index is 2.29. The van der Waals surface area contributed by atoms with Crippen LogP contribution in [-0.4, -0.2) is 18.9 Å². The molecule has 0 aliphatic carbocycles. The van der Waals surface area contributed by atoms with Gasteiger partial charge >= 0.3 is 0 Å². The highest BCUT2D eigenvalue weighted by Gasteiger charge is 2.14. The molecule has 0 aromatic heterocycles. The number of carbonyl (C=O) groups is 2. The first kappa shape index (κ1) is 16.4. The summed E-state index contributed by atoms with van der Waals surface area (Å²) in [4.78, 5) is 24.2. The zero-order chi connectivity index (χ0) is 16.8. The lowest BCUT2D eigenvalue weighted by Gasteiger charge is -2.09. The van der Waals surface area contributed by atoms with Crippen molar-refractivity contribution in [1.82, 2.24) is 10.6 Å². The molecule has 118 valence electrons. The van der Waals surface area contributed by atoms with Crippen molar-refractivity contribution in [1.29, 1.82) is 0 Å². The molecule has 23 heavy (non-hydrogen) atoms. The van der Waals surface area contributed by atoms with Crippen LogP contribution in [0.25, 0.3) is 6.08 Å². The number of benzene rings is 2. The Morgan fingerprint density at radius 1 is 1.04 bits per heavy atom. The third-order valence-electron chi connectivity index (χ3n) is 3.24. The molecule has 0 fully saturated rings. The molecule has 0 saturated heterocycles. The number of rotatable bonds is 4. The highest BCUT2D eigenvalue weighted by molar-refractivity contribution is 6.05. The van der Waals surface area contributed by atoms with E-state index >= 15 is 0 Å². The highest BCUT2D eigenvalue weighted by atomic mass is 19.1. The summed E-state index contributed by atoms with van der Waals surface area (Å²) >= 11 is 0. The molecule has 2 N–H and O–H groups in total. The third kappa shape index (κ3) is 4.26. The van der Waals surface area contributed by atoms with Gasteiger partial charge in [-0.15, -0.1) is 0 Å². The van der Waals surface area contributed by atoms with Gasteiger partial charge in [-0.05, 0) is 31.2 Å². The summed E-state index contributed by atoms with van der Waals surface area (Å²) in [6, 6.07) is 12.9. The molecule has 0 unspecified atom stereocenters. The Morgan fingerprint density at radius 2 is 1.70 bits per heavy atom. The molecule has 0 saturated carbocycles. The van der Waals surface area contributed by atoms with E-state index in [1.165, 1.54) is 25.3 Å². The smallest absolute Gasteiger partial charge is 0.267 e. The molecular formula is C18H17FN2O2. The zero-order valence-corrected chi connectivity index (χ0v) is 12.9. The molecular weight excluding hydrogens is 295 g/mol. The Bertz CT molecular complexity index is 752. The maximum Gasteiger partial charge on any atom is 0.267 e. The first-order valence-corrected chi connectivity index (χ1v) is 7.07. The highest BCUT2D eigenvalue weighted by Crippen LogP contribution is 2.11. The molecule has 0 heterocycles. The summed E-state index contributed by atoms with van der Waals surface area (Å²) in [6.07, 6.45) is 1.31. The lowest BCUT2D eigenvalue weighted by molar-refractivity contribution is -0.117. The van der Waals surface area contributed by atoms with Crippen molar-refractivity contribution in [2.45, 2.75) is 6.92 Å². The molecule has 0 spiro atoms. The summed E-state index contributed by atoms with van der Waals surface area (Å²) in [5.41, 5.74) is 1.63. The second kappa shape index (κ2) is 7.35. The third-order valence-corrected chi connectivity index (χ3v) is 3.24. The molecule has 0 radical (unpaired) electrons. The van der Waals surface area contributed by atoms with Crippen LogP contribution in [0.3, 0.4) is 0 Å². The van der Waals surface area contributed by atoms with Crippen molar-refractivity contribution in [2.24, 2.45) is 0 Å². The van der Waals surface area contributed by atoms with Crippen LogP contribution < -0.4 is 10.6 Å². The maximum atomic E-state index is 13.7. The van der Waals surface area contributed by atoms with Crippen LogP contribution in [0.15, 0.2) is 54.2 Å². The first-order chi connectivity index (χ1) is 11.0. The van der Waals surface area contributed by atoms with E-state index in [1.807, 2.05) is 6.92 Å². The van der Waals surface area contributed by atoms with Gasteiger partial charge in [-0.25, -0.2) is 4.39 Å². The van der Waals surface area contributed by atoms with Gasteiger partial charge in [0.25, 0.3) is 11.8 Å². The molecule has 2 rings (SSSR count). The normalized spacial score (nSPS) is 11.0. The van der Waals surface area contributed by atoms with E-state index in [-0.39, 0.29) is 11.3 Å². The van der Waals surface area contributed by atoms with E-state index in [4.69, 9.17) is 0 Å². The molecule has 5 heteroatoms. The van der Waals surface area contributed by atoms with E-state index in [0.717, 1.165) is 5.56 Å². The molecule has 0 aliphatic heterocycles. The van der Waals surface area contributed by atoms with Gasteiger partial charge in [0.05, 0.1) is 0 Å². The quantitative estimate of drug-likeness (QED) is 0.853. The van der Waals surface area contributed by atoms with Crippen molar-refractivity contribution in [3.63, 3.8) is 0 Å². The lowest BCUT2D eigenvalue weighted by Crippen LogP contribution is -2.33. The monoisotopic (exact) mass is 312 g/mol. The van der Waals surface area contributed by atoms with Crippen molar-refractivity contribution in [3.05, 3.63) is 76.7 Å². The summed E-state index contributed by atoms with van der Waals surface area (Å²) in [7, 11) is 1.44. The van der Waals surface area contributed by atoms with Gasteiger partial charge in [-0.2, -0.15) is 0 Å². The van der Waals surface area contributed by atoms with E-state index in [2.05, 4.69) is 10.6 Å². The standard InChI is InChI=1S/C18H17FN2O2/c1-12-7-9-13(10-8-12)17(22)21-16(18(23)20-2)11-14-5-3-4-6-15(14)19/h3-11H,1-2H3,(H,20,23)(H,21,22)/b16-11+. The predicted octanol–water partition coefficient (Wildman–Crippen LogP) is 2.65. The summed E-state index contributed by atoms with van der Waals surface area (Å²) in [5, 5.41) is 4.95. The van der Waals surface area contributed by atoms with Crippen LogP contribution in [0.4, 0.5) is 4.39 Å². The fourth-order valence-electron chi connectivity index (χ4n) is 1.94. The van der Waals surface area contributed by atoms with Crippen LogP contribution in [0.2, 0.25) is 0 Å². The fourth-order valence-corrected chi connectivity index (χ4v) is 1.94. The van der Waals surface area contributed by atoms with Gasteiger partial charge in [0.1, 0.15) is 11.5 Å². The van der Waals surface area contributed by atoms with Crippen LogP contribution in [-0.2, 0) is 4.79 Å².